The van der Waals surface area contributed by atoms with Gasteiger partial charge in [-0.1, -0.05) is 0 Å². The Hall–Kier alpha value is 0.432. The summed E-state index contributed by atoms with van der Waals surface area (Å²) in [6, 6.07) is 0. The van der Waals surface area contributed by atoms with Gasteiger partial charge in [0.25, 0.3) is 0 Å². The fourth-order valence-electron chi connectivity index (χ4n) is 0. The Kier molecular flexibility index (Phi) is 20.6. The summed E-state index contributed by atoms with van der Waals surface area (Å²) in [7, 11) is -18.0. The molecule has 0 saturated carbocycles. The first-order valence-electron chi connectivity index (χ1n) is 2.62. The molecule has 0 bridgehead atoms. The molecule has 0 fully saturated rings. The zero-order valence-corrected chi connectivity index (χ0v) is 9.39. The molecule has 106 valence electrons. The van der Waals surface area contributed by atoms with Gasteiger partial charge in [0.1, 0.15) is 0 Å². The SMILES string of the molecule is Br.F[B-](F)(F)F.F[B-](F)(F)F.F[B-](F)(F)F.[H-].[Li+]. The molecule has 17 heavy (non-hydrogen) atoms. The van der Waals surface area contributed by atoms with Gasteiger partial charge in [-0.3, -0.25) is 0 Å². The third-order valence-electron chi connectivity index (χ3n) is 0. The first-order chi connectivity index (χ1) is 6.00. The average Bonchev–Trinajstić information content (AvgIpc) is 1.41. The van der Waals surface area contributed by atoms with Crippen molar-refractivity contribution in [2.24, 2.45) is 0 Å². The Morgan fingerprint density at radius 3 is 0.412 bits per heavy atom. The molecule has 0 nitrogen and oxygen atoms in total. The topological polar surface area (TPSA) is 0 Å². The predicted octanol–water partition coefficient (Wildman–Crippen LogP) is 1.59. The van der Waals surface area contributed by atoms with E-state index in [0.717, 1.165) is 0 Å². The van der Waals surface area contributed by atoms with E-state index in [2.05, 4.69) is 0 Å². The summed E-state index contributed by atoms with van der Waals surface area (Å²) >= 11 is 0. The Morgan fingerprint density at radius 2 is 0.412 bits per heavy atom. The molecule has 0 radical (unpaired) electrons. The molecule has 0 aliphatic carbocycles. The molecule has 0 atom stereocenters. The van der Waals surface area contributed by atoms with Gasteiger partial charge in [-0.2, -0.15) is 0 Å². The van der Waals surface area contributed by atoms with Crippen molar-refractivity contribution >= 4 is 38.7 Å². The largest absolute Gasteiger partial charge is 1.00 e. The number of hydrogen-bond acceptors (Lipinski definition) is 0. The fraction of sp³-hybridized carbons (Fsp3) is 0. The van der Waals surface area contributed by atoms with E-state index >= 15 is 0 Å². The minimum Gasteiger partial charge on any atom is -1.00 e. The van der Waals surface area contributed by atoms with Gasteiger partial charge in [-0.15, -0.1) is 17.0 Å². The van der Waals surface area contributed by atoms with Crippen LogP contribution in [0.5, 0.6) is 0 Å². The van der Waals surface area contributed by atoms with Crippen molar-refractivity contribution in [3.8, 4) is 0 Å². The molecule has 0 aliphatic heterocycles. The van der Waals surface area contributed by atoms with E-state index < -0.39 is 21.8 Å². The third kappa shape index (κ3) is 18300. The minimum absolute atomic E-state index is 0. The van der Waals surface area contributed by atoms with Crippen molar-refractivity contribution in [2.45, 2.75) is 0 Å². The van der Waals surface area contributed by atoms with Crippen LogP contribution in [0, 0.1) is 0 Å². The van der Waals surface area contributed by atoms with Crippen molar-refractivity contribution < 1.29 is 72.1 Å². The van der Waals surface area contributed by atoms with Crippen molar-refractivity contribution in [1.29, 1.82) is 0 Å². The van der Waals surface area contributed by atoms with Gasteiger partial charge in [0, 0.05) is 0 Å². The van der Waals surface area contributed by atoms with Gasteiger partial charge in [0.2, 0.25) is 0 Å². The van der Waals surface area contributed by atoms with E-state index in [1.54, 1.807) is 0 Å². The maximum atomic E-state index is 9.75. The molecule has 0 aromatic heterocycles. The molecule has 0 aromatic carbocycles. The van der Waals surface area contributed by atoms with Gasteiger partial charge in [0.15, 0.2) is 0 Å². The second-order valence-electron chi connectivity index (χ2n) is 1.48. The Morgan fingerprint density at radius 1 is 0.412 bits per heavy atom. The molecule has 17 heteroatoms. The fourth-order valence-corrected chi connectivity index (χ4v) is 0. The van der Waals surface area contributed by atoms with Crippen molar-refractivity contribution in [3.05, 3.63) is 0 Å². The minimum atomic E-state index is -6.00. The monoisotopic (exact) mass is 349 g/mol. The normalized spacial score (nSPS) is 10.6. The molecule has 0 N–H and O–H groups in total. The smallest absolute Gasteiger partial charge is 1.00 e. The summed E-state index contributed by atoms with van der Waals surface area (Å²) in [5.74, 6) is 0. The van der Waals surface area contributed by atoms with Crippen LogP contribution < -0.4 is 18.9 Å². The maximum absolute atomic E-state index is 9.75. The van der Waals surface area contributed by atoms with E-state index in [1.807, 2.05) is 0 Å². The molecule has 0 aromatic rings. The first kappa shape index (κ1) is 30.5. The zero-order valence-electron chi connectivity index (χ0n) is 8.68. The zero-order chi connectivity index (χ0) is 13.5. The summed E-state index contributed by atoms with van der Waals surface area (Å²) in [5.41, 5.74) is 0. The second kappa shape index (κ2) is 11.5. The van der Waals surface area contributed by atoms with E-state index in [-0.39, 0.29) is 37.3 Å². The second-order valence-corrected chi connectivity index (χ2v) is 1.48. The van der Waals surface area contributed by atoms with E-state index in [0.29, 0.717) is 0 Å². The van der Waals surface area contributed by atoms with Crippen LogP contribution in [0.15, 0.2) is 0 Å². The van der Waals surface area contributed by atoms with Crippen LogP contribution in [-0.2, 0) is 0 Å². The van der Waals surface area contributed by atoms with Crippen molar-refractivity contribution in [1.82, 2.24) is 0 Å². The predicted molar refractivity (Wildman–Crippen MR) is 42.0 cm³/mol. The molecule has 0 saturated heterocycles. The Bertz CT molecular complexity index is 102. The molecule has 0 spiro atoms. The van der Waals surface area contributed by atoms with E-state index in [9.17, 15) is 51.8 Å². The standard InChI is InChI=1S/3BF4.BrH.Li.H/c3*2-1(3,4)5;;;/h;;;1H;;/q3*-1;;+1;-1. The molecular weight excluding hydrogens is 347 g/mol. The first-order valence-corrected chi connectivity index (χ1v) is 2.62. The number of rotatable bonds is 0. The molecular formula is H2B3BrF12Li-3. The van der Waals surface area contributed by atoms with Crippen LogP contribution in [0.2, 0.25) is 0 Å². The van der Waals surface area contributed by atoms with Gasteiger partial charge in [-0.25, -0.2) is 0 Å². The summed E-state index contributed by atoms with van der Waals surface area (Å²) in [4.78, 5) is 0. The van der Waals surface area contributed by atoms with Gasteiger partial charge < -0.3 is 53.2 Å². The summed E-state index contributed by atoms with van der Waals surface area (Å²) in [5, 5.41) is 0. The Balaban J connectivity index is -0.0000000277. The van der Waals surface area contributed by atoms with Crippen LogP contribution in [-0.4, -0.2) is 21.8 Å². The van der Waals surface area contributed by atoms with Crippen LogP contribution >= 0.6 is 17.0 Å². The summed E-state index contributed by atoms with van der Waals surface area (Å²) in [6.07, 6.45) is 0. The van der Waals surface area contributed by atoms with Gasteiger partial charge >= 0.3 is 40.6 Å². The van der Waals surface area contributed by atoms with E-state index in [4.69, 9.17) is 0 Å². The average molecular weight is 349 g/mol. The number of hydrogen-bond donors (Lipinski definition) is 0. The van der Waals surface area contributed by atoms with Crippen LogP contribution in [0.25, 0.3) is 0 Å². The molecule has 0 rings (SSSR count). The quantitative estimate of drug-likeness (QED) is 0.460. The third-order valence-corrected chi connectivity index (χ3v) is 0. The molecule has 0 aliphatic rings. The molecule has 0 heterocycles. The van der Waals surface area contributed by atoms with Crippen LogP contribution in [0.3, 0.4) is 0 Å². The molecule has 0 amide bonds. The van der Waals surface area contributed by atoms with Gasteiger partial charge in [0.05, 0.1) is 0 Å². The van der Waals surface area contributed by atoms with Crippen LogP contribution in [0.4, 0.5) is 51.8 Å². The van der Waals surface area contributed by atoms with E-state index in [1.165, 1.54) is 0 Å². The van der Waals surface area contributed by atoms with Crippen molar-refractivity contribution in [2.75, 3.05) is 0 Å². The van der Waals surface area contributed by atoms with Crippen LogP contribution in [0.1, 0.15) is 1.43 Å². The van der Waals surface area contributed by atoms with Crippen molar-refractivity contribution in [3.63, 3.8) is 0 Å². The van der Waals surface area contributed by atoms with Gasteiger partial charge in [-0.05, 0) is 0 Å². The number of halogens is 13. The summed E-state index contributed by atoms with van der Waals surface area (Å²) < 4.78 is 117. The summed E-state index contributed by atoms with van der Waals surface area (Å²) in [6.45, 7) is 0. The Labute approximate surface area is 111 Å². The maximum Gasteiger partial charge on any atom is 1.00 e. The molecule has 0 unspecified atom stereocenters.